The summed E-state index contributed by atoms with van der Waals surface area (Å²) in [6.45, 7) is 6.48. The molecule has 0 aromatic carbocycles. The van der Waals surface area contributed by atoms with E-state index in [0.717, 1.165) is 16.3 Å². The van der Waals surface area contributed by atoms with E-state index in [-0.39, 0.29) is 6.10 Å². The molecule has 112 valence electrons. The lowest BCUT2D eigenvalue weighted by Crippen LogP contribution is -2.09. The van der Waals surface area contributed by atoms with Crippen molar-refractivity contribution in [1.82, 2.24) is 9.78 Å². The van der Waals surface area contributed by atoms with Gasteiger partial charge >= 0.3 is 0 Å². The second-order valence-electron chi connectivity index (χ2n) is 5.01. The van der Waals surface area contributed by atoms with Crippen molar-refractivity contribution >= 4 is 22.0 Å². The second kappa shape index (κ2) is 6.06. The Kier molecular flexibility index (Phi) is 4.38. The molecule has 0 saturated heterocycles. The molecule has 0 unspecified atom stereocenters. The molecule has 0 aliphatic carbocycles. The van der Waals surface area contributed by atoms with E-state index in [1.807, 2.05) is 38.7 Å². The summed E-state index contributed by atoms with van der Waals surface area (Å²) in [5, 5.41) is 17.4. The van der Waals surface area contributed by atoms with E-state index < -0.39 is 0 Å². The summed E-state index contributed by atoms with van der Waals surface area (Å²) in [4.78, 5) is 0.469. The Labute approximate surface area is 128 Å². The van der Waals surface area contributed by atoms with Gasteiger partial charge in [-0.3, -0.25) is 4.68 Å². The summed E-state index contributed by atoms with van der Waals surface area (Å²) in [6, 6.07) is 2.10. The Balaban J connectivity index is 2.23. The summed E-state index contributed by atoms with van der Waals surface area (Å²) in [5.41, 5.74) is 8.57. The third kappa shape index (κ3) is 3.11. The summed E-state index contributed by atoms with van der Waals surface area (Å²) in [6.07, 6.45) is 1.82. The highest BCUT2D eigenvalue weighted by Crippen LogP contribution is 2.43. The van der Waals surface area contributed by atoms with E-state index in [1.165, 1.54) is 11.3 Å². The van der Waals surface area contributed by atoms with E-state index in [4.69, 9.17) is 15.7 Å². The number of nitrogens with zero attached hydrogens (tertiary/aromatic N) is 3. The van der Waals surface area contributed by atoms with Crippen LogP contribution in [0, 0.1) is 18.3 Å². The van der Waals surface area contributed by atoms with Gasteiger partial charge in [0.2, 0.25) is 0 Å². The van der Waals surface area contributed by atoms with Crippen LogP contribution in [0.1, 0.15) is 30.0 Å². The van der Waals surface area contributed by atoms with Crippen molar-refractivity contribution in [3.63, 3.8) is 0 Å². The van der Waals surface area contributed by atoms with Gasteiger partial charge in [0.1, 0.15) is 21.6 Å². The number of anilines is 2. The smallest absolute Gasteiger partial charge is 0.178 e. The number of rotatable bonds is 5. The number of thiophene rings is 1. The third-order valence-corrected chi connectivity index (χ3v) is 4.18. The van der Waals surface area contributed by atoms with Crippen LogP contribution >= 0.6 is 11.3 Å². The van der Waals surface area contributed by atoms with Gasteiger partial charge in [0.05, 0.1) is 12.3 Å². The van der Waals surface area contributed by atoms with Crippen LogP contribution in [0.5, 0.6) is 5.75 Å². The minimum Gasteiger partial charge on any atom is -0.486 e. The first-order valence-corrected chi connectivity index (χ1v) is 7.46. The van der Waals surface area contributed by atoms with Crippen LogP contribution in [0.2, 0.25) is 0 Å². The first-order valence-electron chi connectivity index (χ1n) is 6.64. The highest BCUT2D eigenvalue weighted by molar-refractivity contribution is 7.17. The number of nitriles is 1. The maximum atomic E-state index is 9.11. The highest BCUT2D eigenvalue weighted by Gasteiger charge is 2.18. The van der Waals surface area contributed by atoms with Gasteiger partial charge < -0.3 is 15.8 Å². The topological polar surface area (TPSA) is 88.9 Å². The molecule has 0 radical (unpaired) electrons. The van der Waals surface area contributed by atoms with Gasteiger partial charge in [-0.25, -0.2) is 0 Å². The van der Waals surface area contributed by atoms with Gasteiger partial charge in [-0.1, -0.05) is 0 Å². The number of hydrogen-bond acceptors (Lipinski definition) is 6. The molecule has 0 fully saturated rings. The third-order valence-electron chi connectivity index (χ3n) is 3.13. The van der Waals surface area contributed by atoms with Crippen molar-refractivity contribution in [2.24, 2.45) is 7.05 Å². The minimum atomic E-state index is -0.00544. The molecule has 21 heavy (non-hydrogen) atoms. The van der Waals surface area contributed by atoms with Crippen molar-refractivity contribution in [2.45, 2.75) is 33.4 Å². The molecule has 2 rings (SSSR count). The predicted octanol–water partition coefficient (Wildman–Crippen LogP) is 2.64. The van der Waals surface area contributed by atoms with Gasteiger partial charge in [0.25, 0.3) is 0 Å². The molecule has 3 N–H and O–H groups in total. The zero-order valence-corrected chi connectivity index (χ0v) is 13.4. The molecule has 0 aliphatic rings. The lowest BCUT2D eigenvalue weighted by molar-refractivity contribution is 0.246. The van der Waals surface area contributed by atoms with E-state index >= 15 is 0 Å². The molecule has 0 atom stereocenters. The average molecular weight is 305 g/mol. The Bertz CT molecular complexity index is 680. The Morgan fingerprint density at radius 2 is 2.29 bits per heavy atom. The SMILES string of the molecule is Cc1c(CNc2sc(C#N)c(N)c2OC(C)C)cnn1C. The summed E-state index contributed by atoms with van der Waals surface area (Å²) < 4.78 is 7.56. The minimum absolute atomic E-state index is 0.00544. The van der Waals surface area contributed by atoms with Crippen LogP contribution in [0.15, 0.2) is 6.20 Å². The van der Waals surface area contributed by atoms with Crippen molar-refractivity contribution in [2.75, 3.05) is 11.1 Å². The summed E-state index contributed by atoms with van der Waals surface area (Å²) >= 11 is 1.31. The number of ether oxygens (including phenoxy) is 1. The van der Waals surface area contributed by atoms with Crippen LogP contribution in [-0.4, -0.2) is 15.9 Å². The normalized spacial score (nSPS) is 10.7. The van der Waals surface area contributed by atoms with Gasteiger partial charge in [-0.2, -0.15) is 10.4 Å². The van der Waals surface area contributed by atoms with Crippen LogP contribution < -0.4 is 15.8 Å². The molecular weight excluding hydrogens is 286 g/mol. The summed E-state index contributed by atoms with van der Waals surface area (Å²) in [7, 11) is 1.91. The Morgan fingerprint density at radius 1 is 1.57 bits per heavy atom. The molecule has 2 aromatic heterocycles. The van der Waals surface area contributed by atoms with Gasteiger partial charge in [-0.05, 0) is 20.8 Å². The number of aromatic nitrogens is 2. The molecule has 0 spiro atoms. The summed E-state index contributed by atoms with van der Waals surface area (Å²) in [5.74, 6) is 0.563. The second-order valence-corrected chi connectivity index (χ2v) is 6.03. The van der Waals surface area contributed by atoms with Gasteiger partial charge in [0, 0.05) is 24.8 Å². The fourth-order valence-corrected chi connectivity index (χ4v) is 2.72. The highest BCUT2D eigenvalue weighted by atomic mass is 32.1. The van der Waals surface area contributed by atoms with Crippen molar-refractivity contribution in [3.05, 3.63) is 22.3 Å². The number of hydrogen-bond donors (Lipinski definition) is 2. The zero-order chi connectivity index (χ0) is 15.6. The number of aryl methyl sites for hydroxylation is 1. The van der Waals surface area contributed by atoms with E-state index in [1.54, 1.807) is 0 Å². The molecule has 0 aliphatic heterocycles. The van der Waals surface area contributed by atoms with E-state index in [9.17, 15) is 0 Å². The van der Waals surface area contributed by atoms with Crippen molar-refractivity contribution in [1.29, 1.82) is 5.26 Å². The number of nitrogens with two attached hydrogens (primary N) is 1. The van der Waals surface area contributed by atoms with Crippen LogP contribution in [-0.2, 0) is 13.6 Å². The Morgan fingerprint density at radius 3 is 2.81 bits per heavy atom. The molecular formula is C14H19N5OS. The first-order chi connectivity index (χ1) is 9.93. The molecule has 2 aromatic rings. The fraction of sp³-hybridized carbons (Fsp3) is 0.429. The van der Waals surface area contributed by atoms with Crippen LogP contribution in [0.3, 0.4) is 0 Å². The van der Waals surface area contributed by atoms with E-state index in [2.05, 4.69) is 16.5 Å². The van der Waals surface area contributed by atoms with Crippen molar-refractivity contribution < 1.29 is 4.74 Å². The van der Waals surface area contributed by atoms with Crippen LogP contribution in [0.25, 0.3) is 0 Å². The maximum absolute atomic E-state index is 9.11. The molecule has 2 heterocycles. The standard InChI is InChI=1S/C14H19N5OS/c1-8(2)20-13-12(16)11(5-15)21-14(13)17-6-10-7-18-19(4)9(10)3/h7-8,17H,6,16H2,1-4H3. The molecule has 7 heteroatoms. The largest absolute Gasteiger partial charge is 0.486 e. The average Bonchev–Trinajstić information content (AvgIpc) is 2.91. The maximum Gasteiger partial charge on any atom is 0.178 e. The Hall–Kier alpha value is -2.20. The van der Waals surface area contributed by atoms with Crippen molar-refractivity contribution in [3.8, 4) is 11.8 Å². The van der Waals surface area contributed by atoms with Crippen LogP contribution in [0.4, 0.5) is 10.7 Å². The molecule has 0 bridgehead atoms. The van der Waals surface area contributed by atoms with E-state index in [0.29, 0.717) is 22.9 Å². The monoisotopic (exact) mass is 305 g/mol. The first kappa shape index (κ1) is 15.2. The molecule has 0 amide bonds. The fourth-order valence-electron chi connectivity index (χ4n) is 1.87. The van der Waals surface area contributed by atoms with Gasteiger partial charge in [0.15, 0.2) is 5.75 Å². The zero-order valence-electron chi connectivity index (χ0n) is 12.6. The lowest BCUT2D eigenvalue weighted by Gasteiger charge is -2.12. The molecule has 6 nitrogen and oxygen atoms in total. The molecule has 0 saturated carbocycles. The predicted molar refractivity (Wildman–Crippen MR) is 84.5 cm³/mol. The lowest BCUT2D eigenvalue weighted by atomic mass is 10.2. The number of nitrogen functional groups attached to an aromatic ring is 1. The van der Waals surface area contributed by atoms with Gasteiger partial charge in [-0.15, -0.1) is 11.3 Å². The number of nitrogens with one attached hydrogen (secondary N) is 1. The quantitative estimate of drug-likeness (QED) is 0.886.